The van der Waals surface area contributed by atoms with E-state index in [1.165, 1.54) is 11.3 Å². The van der Waals surface area contributed by atoms with E-state index in [1.807, 2.05) is 6.07 Å². The zero-order valence-corrected chi connectivity index (χ0v) is 14.3. The molecule has 22 heavy (non-hydrogen) atoms. The minimum atomic E-state index is 0.0108. The summed E-state index contributed by atoms with van der Waals surface area (Å²) < 4.78 is 0. The highest BCUT2D eigenvalue weighted by Gasteiger charge is 2.22. The van der Waals surface area contributed by atoms with Crippen LogP contribution in [0.3, 0.4) is 0 Å². The van der Waals surface area contributed by atoms with Crippen molar-refractivity contribution >= 4 is 29.3 Å². The van der Waals surface area contributed by atoms with Crippen molar-refractivity contribution in [1.29, 1.82) is 0 Å². The van der Waals surface area contributed by atoms with Crippen LogP contribution in [0.5, 0.6) is 0 Å². The molecule has 0 bridgehead atoms. The van der Waals surface area contributed by atoms with Gasteiger partial charge in [0.05, 0.1) is 0 Å². The van der Waals surface area contributed by atoms with Crippen LogP contribution in [0.15, 0.2) is 29.3 Å². The third-order valence-corrected chi connectivity index (χ3v) is 4.21. The fourth-order valence-corrected chi connectivity index (χ4v) is 2.65. The molecular weight excluding hydrogens is 296 g/mol. The number of nitrogens with one attached hydrogen (secondary N) is 1. The fraction of sp³-hybridized carbons (Fsp3) is 0.500. The molecule has 0 unspecified atom stereocenters. The molecule has 1 aliphatic rings. The Morgan fingerprint density at radius 3 is 2.91 bits per heavy atom. The maximum absolute atomic E-state index is 11.8. The van der Waals surface area contributed by atoms with Gasteiger partial charge in [0.1, 0.15) is 6.54 Å². The van der Waals surface area contributed by atoms with Crippen molar-refractivity contribution in [1.82, 2.24) is 10.2 Å². The number of carbonyl (C=O) groups excluding carboxylic acids is 1. The Bertz CT molecular complexity index is 545. The van der Waals surface area contributed by atoms with Gasteiger partial charge in [0.25, 0.3) is 0 Å². The molecule has 0 spiro atoms. The summed E-state index contributed by atoms with van der Waals surface area (Å²) in [5, 5.41) is 3.38. The lowest BCUT2D eigenvalue weighted by atomic mass is 10.2. The number of amides is 1. The zero-order chi connectivity index (χ0) is 15.9. The van der Waals surface area contributed by atoms with E-state index in [1.54, 1.807) is 30.8 Å². The molecule has 1 aromatic carbocycles. The second kappa shape index (κ2) is 8.08. The van der Waals surface area contributed by atoms with Crippen LogP contribution in [-0.2, 0) is 11.2 Å². The number of rotatable bonds is 5. The van der Waals surface area contributed by atoms with E-state index in [-0.39, 0.29) is 12.5 Å². The number of carbonyl (C=O) groups is 1. The molecule has 0 atom stereocenters. The van der Waals surface area contributed by atoms with Crippen molar-refractivity contribution in [3.8, 4) is 0 Å². The van der Waals surface area contributed by atoms with Gasteiger partial charge in [-0.2, -0.15) is 11.8 Å². The summed E-state index contributed by atoms with van der Waals surface area (Å²) in [6.45, 7) is 1.92. The smallest absolute Gasteiger partial charge is 0.243 e. The van der Waals surface area contributed by atoms with E-state index in [0.717, 1.165) is 31.2 Å². The van der Waals surface area contributed by atoms with Gasteiger partial charge in [-0.3, -0.25) is 4.79 Å². The summed E-state index contributed by atoms with van der Waals surface area (Å²) in [5.41, 5.74) is 2.52. The van der Waals surface area contributed by atoms with Gasteiger partial charge in [-0.05, 0) is 24.3 Å². The van der Waals surface area contributed by atoms with Gasteiger partial charge >= 0.3 is 0 Å². The van der Waals surface area contributed by atoms with E-state index in [9.17, 15) is 4.79 Å². The van der Waals surface area contributed by atoms with E-state index in [4.69, 9.17) is 0 Å². The van der Waals surface area contributed by atoms with Crippen LogP contribution in [0.1, 0.15) is 5.56 Å². The SMILES string of the molecule is CSCCNC(=NCC(=O)N(C)C)N1CCc2ccccc21. The Hall–Kier alpha value is -1.69. The second-order valence-electron chi connectivity index (χ2n) is 5.38. The quantitative estimate of drug-likeness (QED) is 0.507. The number of nitrogens with zero attached hydrogens (tertiary/aromatic N) is 3. The van der Waals surface area contributed by atoms with Crippen LogP contribution in [0.25, 0.3) is 0 Å². The normalized spacial score (nSPS) is 14.0. The van der Waals surface area contributed by atoms with Crippen LogP contribution >= 0.6 is 11.8 Å². The Labute approximate surface area is 136 Å². The Kier molecular flexibility index (Phi) is 6.12. The van der Waals surface area contributed by atoms with E-state index in [2.05, 4.69) is 39.7 Å². The molecule has 0 saturated carbocycles. The van der Waals surface area contributed by atoms with Gasteiger partial charge in [-0.25, -0.2) is 4.99 Å². The highest BCUT2D eigenvalue weighted by molar-refractivity contribution is 7.98. The number of fused-ring (bicyclic) bond motifs is 1. The third-order valence-electron chi connectivity index (χ3n) is 3.60. The summed E-state index contributed by atoms with van der Waals surface area (Å²) in [4.78, 5) is 20.1. The molecule has 0 aromatic heterocycles. The van der Waals surface area contributed by atoms with Crippen molar-refractivity contribution < 1.29 is 4.79 Å². The first-order valence-electron chi connectivity index (χ1n) is 7.46. The number of thioether (sulfide) groups is 1. The van der Waals surface area contributed by atoms with Crippen LogP contribution in [0, 0.1) is 0 Å². The van der Waals surface area contributed by atoms with E-state index in [0.29, 0.717) is 0 Å². The highest BCUT2D eigenvalue weighted by Crippen LogP contribution is 2.27. The summed E-state index contributed by atoms with van der Waals surface area (Å²) in [6, 6.07) is 8.37. The molecule has 0 aliphatic carbocycles. The average molecular weight is 320 g/mol. The van der Waals surface area contributed by atoms with E-state index >= 15 is 0 Å². The number of likely N-dealkylation sites (N-methyl/N-ethyl adjacent to an activating group) is 1. The Morgan fingerprint density at radius 1 is 1.41 bits per heavy atom. The van der Waals surface area contributed by atoms with Crippen molar-refractivity contribution in [2.24, 2.45) is 4.99 Å². The van der Waals surface area contributed by atoms with Crippen molar-refractivity contribution in [3.05, 3.63) is 29.8 Å². The van der Waals surface area contributed by atoms with Gasteiger partial charge < -0.3 is 15.1 Å². The van der Waals surface area contributed by atoms with Gasteiger partial charge in [0.2, 0.25) is 5.91 Å². The monoisotopic (exact) mass is 320 g/mol. The molecule has 1 aromatic rings. The molecule has 1 amide bonds. The van der Waals surface area contributed by atoms with Crippen LogP contribution in [0.2, 0.25) is 0 Å². The molecule has 2 rings (SSSR count). The molecule has 120 valence electrons. The minimum Gasteiger partial charge on any atom is -0.355 e. The van der Waals surface area contributed by atoms with Crippen molar-refractivity contribution in [2.45, 2.75) is 6.42 Å². The number of hydrogen-bond acceptors (Lipinski definition) is 3. The van der Waals surface area contributed by atoms with Crippen LogP contribution < -0.4 is 10.2 Å². The van der Waals surface area contributed by atoms with Crippen molar-refractivity contribution in [2.75, 3.05) is 50.6 Å². The fourth-order valence-electron chi connectivity index (χ4n) is 2.34. The third kappa shape index (κ3) is 4.16. The summed E-state index contributed by atoms with van der Waals surface area (Å²) in [7, 11) is 3.51. The molecule has 5 nitrogen and oxygen atoms in total. The zero-order valence-electron chi connectivity index (χ0n) is 13.5. The number of guanidine groups is 1. The molecule has 6 heteroatoms. The van der Waals surface area contributed by atoms with Gasteiger partial charge in [-0.1, -0.05) is 18.2 Å². The first-order valence-corrected chi connectivity index (χ1v) is 8.85. The molecule has 0 saturated heterocycles. The molecule has 1 aliphatic heterocycles. The predicted octanol–water partition coefficient (Wildman–Crippen LogP) is 1.45. The van der Waals surface area contributed by atoms with Crippen LogP contribution in [0.4, 0.5) is 5.69 Å². The van der Waals surface area contributed by atoms with Gasteiger partial charge in [0.15, 0.2) is 5.96 Å². The lowest BCUT2D eigenvalue weighted by Gasteiger charge is -2.23. The summed E-state index contributed by atoms with van der Waals surface area (Å²) in [6.07, 6.45) is 3.10. The molecule has 0 fully saturated rings. The molecule has 1 N–H and O–H groups in total. The van der Waals surface area contributed by atoms with Crippen molar-refractivity contribution in [3.63, 3.8) is 0 Å². The number of aliphatic imine (C=N–C) groups is 1. The minimum absolute atomic E-state index is 0.0108. The lowest BCUT2D eigenvalue weighted by Crippen LogP contribution is -2.42. The first-order chi connectivity index (χ1) is 10.6. The predicted molar refractivity (Wildman–Crippen MR) is 94.9 cm³/mol. The number of anilines is 1. The van der Waals surface area contributed by atoms with Gasteiger partial charge in [-0.15, -0.1) is 0 Å². The molecular formula is C16H24N4OS. The highest BCUT2D eigenvalue weighted by atomic mass is 32.2. The number of benzene rings is 1. The molecule has 1 heterocycles. The maximum Gasteiger partial charge on any atom is 0.243 e. The van der Waals surface area contributed by atoms with Gasteiger partial charge in [0, 0.05) is 38.6 Å². The second-order valence-corrected chi connectivity index (χ2v) is 6.36. The van der Waals surface area contributed by atoms with Crippen LogP contribution in [-0.4, -0.2) is 62.5 Å². The van der Waals surface area contributed by atoms with E-state index < -0.39 is 0 Å². The lowest BCUT2D eigenvalue weighted by molar-refractivity contribution is -0.127. The molecule has 0 radical (unpaired) electrons. The largest absolute Gasteiger partial charge is 0.355 e. The maximum atomic E-state index is 11.8. The standard InChI is InChI=1S/C16H24N4OS/c1-19(2)15(21)12-18-16(17-9-11-22-3)20-10-8-13-6-4-5-7-14(13)20/h4-7H,8-12H2,1-3H3,(H,17,18). The average Bonchev–Trinajstić information content (AvgIpc) is 2.94. The summed E-state index contributed by atoms with van der Waals surface area (Å²) in [5.74, 6) is 1.82. The first kappa shape index (κ1) is 16.7. The topological polar surface area (TPSA) is 47.9 Å². The summed E-state index contributed by atoms with van der Waals surface area (Å²) >= 11 is 1.79. The Balaban J connectivity index is 2.14. The number of para-hydroxylation sites is 1. The Morgan fingerprint density at radius 2 is 2.18 bits per heavy atom. The number of hydrogen-bond donors (Lipinski definition) is 1.